The molecule has 4 aliphatic rings. The van der Waals surface area contributed by atoms with Crippen LogP contribution in [0, 0.1) is 5.41 Å². The minimum absolute atomic E-state index is 0.111. The van der Waals surface area contributed by atoms with Crippen LogP contribution in [0.2, 0.25) is 0 Å². The van der Waals surface area contributed by atoms with E-state index in [2.05, 4.69) is 23.1 Å². The number of likely N-dealkylation sites (N-methyl/N-ethyl adjacent to an activating group) is 1. The summed E-state index contributed by atoms with van der Waals surface area (Å²) in [6.45, 7) is 8.01. The molecule has 40 heavy (non-hydrogen) atoms. The van der Waals surface area contributed by atoms with Gasteiger partial charge in [-0.15, -0.1) is 19.8 Å². The third kappa shape index (κ3) is 3.92. The monoisotopic (exact) mass is 554 g/mol. The summed E-state index contributed by atoms with van der Waals surface area (Å²) >= 11 is 0. The summed E-state index contributed by atoms with van der Waals surface area (Å²) < 4.78 is 48.5. The maximum atomic E-state index is 13.4. The Morgan fingerprint density at radius 2 is 2.10 bits per heavy atom. The van der Waals surface area contributed by atoms with E-state index in [1.54, 1.807) is 24.1 Å². The van der Waals surface area contributed by atoms with Crippen LogP contribution in [0.3, 0.4) is 0 Å². The smallest absolute Gasteiger partial charge is 0.504 e. The van der Waals surface area contributed by atoms with E-state index in [1.807, 2.05) is 12.1 Å². The minimum Gasteiger partial charge on any atom is -0.504 e. The molecule has 5 atom stereocenters. The van der Waals surface area contributed by atoms with Gasteiger partial charge < -0.3 is 19.5 Å². The number of likely N-dealkylation sites (tertiary alicyclic amines) is 1. The highest BCUT2D eigenvalue weighted by molar-refractivity contribution is 5.92. The number of benzene rings is 2. The first-order valence-electron chi connectivity index (χ1n) is 13.7. The number of alkyl halides is 3. The van der Waals surface area contributed by atoms with Gasteiger partial charge >= 0.3 is 6.36 Å². The van der Waals surface area contributed by atoms with Gasteiger partial charge in [0.05, 0.1) is 6.04 Å². The Morgan fingerprint density at radius 1 is 1.30 bits per heavy atom. The van der Waals surface area contributed by atoms with E-state index in [1.165, 1.54) is 35.9 Å². The molecule has 6 nitrogen and oxygen atoms in total. The summed E-state index contributed by atoms with van der Waals surface area (Å²) in [5.74, 6) is 0.0654. The number of halogens is 3. The molecule has 2 aliphatic heterocycles. The number of carbonyl (C=O) groups excluding carboxylic acids is 1. The maximum absolute atomic E-state index is 13.4. The number of hydrogen-bond donors (Lipinski definition) is 1. The Hall–Kier alpha value is -3.46. The molecule has 1 spiro atoms. The first-order chi connectivity index (χ1) is 19.0. The van der Waals surface area contributed by atoms with Crippen molar-refractivity contribution in [1.29, 1.82) is 0 Å². The van der Waals surface area contributed by atoms with Gasteiger partial charge in [0.2, 0.25) is 5.91 Å². The Balaban J connectivity index is 1.31. The van der Waals surface area contributed by atoms with Crippen LogP contribution in [0.1, 0.15) is 42.9 Å². The SMILES string of the molecule is C=CCN1CC[C@]23c4c5ccc(O)c4OC2C(N(C)C(=O)/C=C/c2cccc(OC(F)(F)F)c2)CC[C@@]3(C)[C@H]1C5. The standard InChI is InChI=1S/C31H33F3N2O4/c1-4-15-36-16-14-30-26-20-9-10-23(37)27(26)39-28(30)22(12-13-29(30,2)24(36)18-20)35(3)25(38)11-8-19-6-5-7-21(17-19)40-31(32,33)34/h4-11,17,22,24,28,37H,1,12-16,18H2,2-3H3/b11-8+/t22?,24-,28?,29+,30+/m1/s1. The molecule has 9 heteroatoms. The number of aromatic hydroxyl groups is 1. The quantitative estimate of drug-likeness (QED) is 0.380. The molecule has 2 heterocycles. The number of phenolic OH excluding ortho intramolecular Hbond substituents is 1. The van der Waals surface area contributed by atoms with Crippen LogP contribution in [-0.4, -0.2) is 65.5 Å². The fraction of sp³-hybridized carbons (Fsp3) is 0.452. The van der Waals surface area contributed by atoms with Gasteiger partial charge in [0, 0.05) is 36.7 Å². The summed E-state index contributed by atoms with van der Waals surface area (Å²) in [6, 6.07) is 9.29. The fourth-order valence-electron chi connectivity index (χ4n) is 8.10. The van der Waals surface area contributed by atoms with Gasteiger partial charge in [-0.25, -0.2) is 0 Å². The molecule has 0 aromatic heterocycles. The van der Waals surface area contributed by atoms with Crippen molar-refractivity contribution in [1.82, 2.24) is 9.80 Å². The molecule has 6 rings (SSSR count). The first kappa shape index (κ1) is 26.7. The van der Waals surface area contributed by atoms with E-state index in [0.717, 1.165) is 44.3 Å². The van der Waals surface area contributed by atoms with Crippen molar-refractivity contribution in [2.45, 2.75) is 62.6 Å². The third-order valence-electron chi connectivity index (χ3n) is 9.83. The van der Waals surface area contributed by atoms with E-state index < -0.39 is 6.36 Å². The van der Waals surface area contributed by atoms with Crippen molar-refractivity contribution in [3.63, 3.8) is 0 Å². The van der Waals surface area contributed by atoms with Crippen LogP contribution in [0.5, 0.6) is 17.2 Å². The van der Waals surface area contributed by atoms with Gasteiger partial charge in [-0.05, 0) is 73.0 Å². The second-order valence-corrected chi connectivity index (χ2v) is 11.6. The van der Waals surface area contributed by atoms with Gasteiger partial charge in [-0.3, -0.25) is 9.69 Å². The number of piperidine rings is 1. The van der Waals surface area contributed by atoms with Crippen LogP contribution in [0.4, 0.5) is 13.2 Å². The topological polar surface area (TPSA) is 62.2 Å². The molecule has 1 saturated heterocycles. The summed E-state index contributed by atoms with van der Waals surface area (Å²) in [5, 5.41) is 10.8. The highest BCUT2D eigenvalue weighted by atomic mass is 19.4. The number of nitrogens with zero attached hydrogens (tertiary/aromatic N) is 2. The largest absolute Gasteiger partial charge is 0.573 e. The maximum Gasteiger partial charge on any atom is 0.573 e. The van der Waals surface area contributed by atoms with Crippen molar-refractivity contribution >= 4 is 12.0 Å². The predicted molar refractivity (Wildman–Crippen MR) is 144 cm³/mol. The molecule has 0 radical (unpaired) electrons. The number of ether oxygens (including phenoxy) is 2. The lowest BCUT2D eigenvalue weighted by atomic mass is 9.43. The molecular weight excluding hydrogens is 521 g/mol. The number of rotatable bonds is 6. The minimum atomic E-state index is -4.79. The zero-order valence-electron chi connectivity index (χ0n) is 22.6. The van der Waals surface area contributed by atoms with Crippen molar-refractivity contribution in [2.24, 2.45) is 5.41 Å². The molecule has 212 valence electrons. The van der Waals surface area contributed by atoms with Gasteiger partial charge in [0.15, 0.2) is 11.5 Å². The van der Waals surface area contributed by atoms with Crippen molar-refractivity contribution in [2.75, 3.05) is 20.1 Å². The Bertz CT molecular complexity index is 1390. The molecule has 2 aromatic rings. The second kappa shape index (κ2) is 9.29. The lowest BCUT2D eigenvalue weighted by Gasteiger charge is -2.66. The lowest BCUT2D eigenvalue weighted by Crippen LogP contribution is -2.73. The second-order valence-electron chi connectivity index (χ2n) is 11.6. The Morgan fingerprint density at radius 3 is 2.85 bits per heavy atom. The molecular formula is C31H33F3N2O4. The first-order valence-corrected chi connectivity index (χ1v) is 13.7. The summed E-state index contributed by atoms with van der Waals surface area (Å²) in [4.78, 5) is 17.6. The third-order valence-corrected chi connectivity index (χ3v) is 9.83. The van der Waals surface area contributed by atoms with Gasteiger partial charge in [-0.2, -0.15) is 0 Å². The van der Waals surface area contributed by atoms with E-state index in [-0.39, 0.29) is 40.4 Å². The highest BCUT2D eigenvalue weighted by Gasteiger charge is 2.71. The zero-order valence-corrected chi connectivity index (χ0v) is 22.6. The Labute approximate surface area is 231 Å². The fourth-order valence-corrected chi connectivity index (χ4v) is 8.10. The summed E-state index contributed by atoms with van der Waals surface area (Å²) in [5.41, 5.74) is 2.27. The molecule has 1 amide bonds. The molecule has 2 unspecified atom stereocenters. The summed E-state index contributed by atoms with van der Waals surface area (Å²) in [7, 11) is 1.75. The van der Waals surface area contributed by atoms with Crippen LogP contribution in [-0.2, 0) is 16.6 Å². The lowest BCUT2D eigenvalue weighted by molar-refractivity contribution is -0.274. The van der Waals surface area contributed by atoms with Gasteiger partial charge in [0.1, 0.15) is 11.9 Å². The molecule has 2 fully saturated rings. The normalized spacial score (nSPS) is 30.5. The van der Waals surface area contributed by atoms with Crippen LogP contribution in [0.25, 0.3) is 6.08 Å². The highest BCUT2D eigenvalue weighted by Crippen LogP contribution is 2.69. The van der Waals surface area contributed by atoms with E-state index in [9.17, 15) is 23.1 Å². The number of hydrogen-bond acceptors (Lipinski definition) is 5. The van der Waals surface area contributed by atoms with Crippen LogP contribution >= 0.6 is 0 Å². The number of phenols is 1. The van der Waals surface area contributed by atoms with Crippen LogP contribution in [0.15, 0.2) is 55.1 Å². The molecule has 2 aromatic carbocycles. The average molecular weight is 555 g/mol. The molecule has 2 bridgehead atoms. The molecule has 1 saturated carbocycles. The van der Waals surface area contributed by atoms with Crippen molar-refractivity contribution in [3.8, 4) is 17.2 Å². The van der Waals surface area contributed by atoms with E-state index in [0.29, 0.717) is 17.4 Å². The van der Waals surface area contributed by atoms with Crippen LogP contribution < -0.4 is 9.47 Å². The average Bonchev–Trinajstić information content (AvgIpc) is 3.25. The molecule has 1 N–H and O–H groups in total. The van der Waals surface area contributed by atoms with Crippen molar-refractivity contribution < 1.29 is 32.5 Å². The summed E-state index contributed by atoms with van der Waals surface area (Å²) in [6.07, 6.45) is 3.06. The van der Waals surface area contributed by atoms with E-state index in [4.69, 9.17) is 4.74 Å². The number of carbonyl (C=O) groups is 1. The zero-order chi connectivity index (χ0) is 28.4. The van der Waals surface area contributed by atoms with E-state index >= 15 is 0 Å². The Kier molecular flexibility index (Phi) is 6.22. The number of amides is 1. The van der Waals surface area contributed by atoms with Crippen molar-refractivity contribution in [3.05, 3.63) is 71.8 Å². The van der Waals surface area contributed by atoms with Gasteiger partial charge in [-0.1, -0.05) is 31.2 Å². The van der Waals surface area contributed by atoms with Gasteiger partial charge in [0.25, 0.3) is 0 Å². The predicted octanol–water partition coefficient (Wildman–Crippen LogP) is 5.45. The molecule has 2 aliphatic carbocycles.